The number of hydrogen-bond donors (Lipinski definition) is 4. The van der Waals surface area contributed by atoms with Crippen molar-refractivity contribution < 1.29 is 9.59 Å². The molecule has 0 fully saturated rings. The summed E-state index contributed by atoms with van der Waals surface area (Å²) in [5.74, 6) is -0.730. The Morgan fingerprint density at radius 1 is 1.42 bits per heavy atom. The maximum absolute atomic E-state index is 12.1. The predicted octanol–water partition coefficient (Wildman–Crippen LogP) is 0.732. The summed E-state index contributed by atoms with van der Waals surface area (Å²) in [5, 5.41) is 3.48. The molecule has 2 amide bonds. The number of amides is 2. The zero-order valence-electron chi connectivity index (χ0n) is 12.5. The van der Waals surface area contributed by atoms with Crippen molar-refractivity contribution in [3.05, 3.63) is 32.4 Å². The monoisotopic (exact) mass is 365 g/mol. The Balaban J connectivity index is 1.69. The average molecular weight is 365 g/mol. The fourth-order valence-electron chi connectivity index (χ4n) is 2.57. The Hall–Kier alpha value is -2.33. The molecule has 0 saturated carbocycles. The van der Waals surface area contributed by atoms with Crippen molar-refractivity contribution in [1.29, 1.82) is 0 Å². The van der Waals surface area contributed by atoms with Crippen molar-refractivity contribution in [2.45, 2.75) is 24.4 Å². The fourth-order valence-corrected chi connectivity index (χ4v) is 4.56. The molecule has 2 aromatic rings. The van der Waals surface area contributed by atoms with Crippen LogP contribution in [0, 0.1) is 0 Å². The van der Waals surface area contributed by atoms with Gasteiger partial charge in [-0.2, -0.15) is 0 Å². The second-order valence-electron chi connectivity index (χ2n) is 5.24. The van der Waals surface area contributed by atoms with Crippen LogP contribution in [0.25, 0.3) is 0 Å². The lowest BCUT2D eigenvalue weighted by Gasteiger charge is -2.06. The number of nitrogen functional groups attached to an aromatic ring is 1. The highest BCUT2D eigenvalue weighted by Gasteiger charge is 2.26. The van der Waals surface area contributed by atoms with Crippen molar-refractivity contribution in [3.8, 4) is 0 Å². The molecule has 10 heteroatoms. The quantitative estimate of drug-likeness (QED) is 0.454. The van der Waals surface area contributed by atoms with E-state index in [1.54, 1.807) is 0 Å². The summed E-state index contributed by atoms with van der Waals surface area (Å²) in [6.45, 7) is 0. The number of nitrogens with zero attached hydrogens (tertiary/aromatic N) is 1. The van der Waals surface area contributed by atoms with Gasteiger partial charge >= 0.3 is 0 Å². The van der Waals surface area contributed by atoms with Crippen LogP contribution in [0.4, 0.5) is 10.8 Å². The molecule has 0 aliphatic heterocycles. The number of anilines is 2. The van der Waals surface area contributed by atoms with Crippen LogP contribution in [0.1, 0.15) is 27.2 Å². The molecule has 2 heterocycles. The summed E-state index contributed by atoms with van der Waals surface area (Å²) < 4.78 is 0. The molecule has 0 radical (unpaired) electrons. The zero-order chi connectivity index (χ0) is 17.3. The SMILES string of the molecule is NC(=O)c1c(NC(=O)CSc2nc(N)cc(=O)[nH]2)sc2c1CCC2. The number of nitrogens with two attached hydrogens (primary N) is 2. The molecular formula is C14H15N5O3S2. The van der Waals surface area contributed by atoms with Gasteiger partial charge in [0.1, 0.15) is 10.8 Å². The Kier molecular flexibility index (Phi) is 4.58. The number of fused-ring (bicyclic) bond motifs is 1. The van der Waals surface area contributed by atoms with Crippen LogP contribution in [0.5, 0.6) is 0 Å². The number of aromatic amines is 1. The van der Waals surface area contributed by atoms with Crippen LogP contribution in [-0.2, 0) is 17.6 Å². The lowest BCUT2D eigenvalue weighted by molar-refractivity contribution is -0.113. The van der Waals surface area contributed by atoms with Gasteiger partial charge in [-0.15, -0.1) is 11.3 Å². The van der Waals surface area contributed by atoms with Crippen LogP contribution < -0.4 is 22.3 Å². The van der Waals surface area contributed by atoms with Crippen LogP contribution in [0.15, 0.2) is 16.0 Å². The van der Waals surface area contributed by atoms with Crippen LogP contribution in [0.2, 0.25) is 0 Å². The maximum Gasteiger partial charge on any atom is 0.253 e. The van der Waals surface area contributed by atoms with Gasteiger partial charge in [0.25, 0.3) is 11.5 Å². The topological polar surface area (TPSA) is 144 Å². The first kappa shape index (κ1) is 16.5. The standard InChI is InChI=1S/C14H15N5O3S2/c15-8-4-9(20)19-14(17-8)23-5-10(21)18-13-11(12(16)22)6-2-1-3-7(6)24-13/h4H,1-3,5H2,(H2,16,22)(H,18,21)(H3,15,17,19,20). The molecule has 0 atom stereocenters. The lowest BCUT2D eigenvalue weighted by Crippen LogP contribution is -2.19. The molecule has 0 unspecified atom stereocenters. The Labute approximate surface area is 145 Å². The number of aryl methyl sites for hydroxylation is 1. The number of primary amides is 1. The summed E-state index contributed by atoms with van der Waals surface area (Å²) in [4.78, 5) is 42.7. The predicted molar refractivity (Wildman–Crippen MR) is 93.5 cm³/mol. The van der Waals surface area contributed by atoms with Crippen LogP contribution >= 0.6 is 23.1 Å². The minimum atomic E-state index is -0.529. The number of carbonyl (C=O) groups is 2. The summed E-state index contributed by atoms with van der Waals surface area (Å²) in [5.41, 5.74) is 11.9. The summed E-state index contributed by atoms with van der Waals surface area (Å²) in [6, 6.07) is 1.16. The van der Waals surface area contributed by atoms with E-state index in [2.05, 4.69) is 15.3 Å². The van der Waals surface area contributed by atoms with E-state index in [4.69, 9.17) is 11.5 Å². The number of thiophene rings is 1. The summed E-state index contributed by atoms with van der Waals surface area (Å²) in [6.07, 6.45) is 2.71. The molecule has 3 rings (SSSR count). The van der Waals surface area contributed by atoms with Crippen molar-refractivity contribution >= 4 is 45.7 Å². The molecule has 0 aromatic carbocycles. The van der Waals surface area contributed by atoms with Gasteiger partial charge in [-0.25, -0.2) is 4.98 Å². The van der Waals surface area contributed by atoms with E-state index in [9.17, 15) is 14.4 Å². The van der Waals surface area contributed by atoms with Crippen molar-refractivity contribution in [1.82, 2.24) is 9.97 Å². The number of rotatable bonds is 5. The smallest absolute Gasteiger partial charge is 0.253 e. The average Bonchev–Trinajstić information content (AvgIpc) is 3.04. The first-order valence-electron chi connectivity index (χ1n) is 7.18. The molecule has 8 nitrogen and oxygen atoms in total. The number of H-pyrrole nitrogens is 1. The number of carbonyl (C=O) groups excluding carboxylic acids is 2. The highest BCUT2D eigenvalue weighted by molar-refractivity contribution is 7.99. The van der Waals surface area contributed by atoms with E-state index in [0.29, 0.717) is 10.6 Å². The Morgan fingerprint density at radius 3 is 2.92 bits per heavy atom. The molecule has 0 saturated heterocycles. The zero-order valence-corrected chi connectivity index (χ0v) is 14.2. The number of aromatic nitrogens is 2. The second kappa shape index (κ2) is 6.65. The van der Waals surface area contributed by atoms with Crippen LogP contribution in [0.3, 0.4) is 0 Å². The van der Waals surface area contributed by atoms with Crippen molar-refractivity contribution in [2.24, 2.45) is 5.73 Å². The molecule has 0 bridgehead atoms. The molecule has 126 valence electrons. The van der Waals surface area contributed by atoms with Crippen molar-refractivity contribution in [2.75, 3.05) is 16.8 Å². The largest absolute Gasteiger partial charge is 0.383 e. The van der Waals surface area contributed by atoms with Crippen LogP contribution in [-0.4, -0.2) is 27.5 Å². The summed E-state index contributed by atoms with van der Waals surface area (Å²) >= 11 is 2.45. The number of nitrogens with one attached hydrogen (secondary N) is 2. The van der Waals surface area contributed by atoms with E-state index in [0.717, 1.165) is 47.5 Å². The van der Waals surface area contributed by atoms with Gasteiger partial charge in [-0.3, -0.25) is 14.4 Å². The number of hydrogen-bond acceptors (Lipinski definition) is 7. The number of thioether (sulfide) groups is 1. The molecule has 1 aliphatic carbocycles. The van der Waals surface area contributed by atoms with Gasteiger partial charge in [0.15, 0.2) is 5.16 Å². The summed E-state index contributed by atoms with van der Waals surface area (Å²) in [7, 11) is 0. The first-order chi connectivity index (χ1) is 11.4. The normalized spacial score (nSPS) is 12.8. The molecule has 24 heavy (non-hydrogen) atoms. The van der Waals surface area contributed by atoms with Crippen molar-refractivity contribution in [3.63, 3.8) is 0 Å². The van der Waals surface area contributed by atoms with Gasteiger partial charge in [0.2, 0.25) is 5.91 Å². The van der Waals surface area contributed by atoms with E-state index in [1.807, 2.05) is 0 Å². The first-order valence-corrected chi connectivity index (χ1v) is 8.98. The molecule has 2 aromatic heterocycles. The van der Waals surface area contributed by atoms with Gasteiger partial charge < -0.3 is 21.8 Å². The molecule has 1 aliphatic rings. The van der Waals surface area contributed by atoms with E-state index in [-0.39, 0.29) is 28.2 Å². The third-order valence-electron chi connectivity index (χ3n) is 3.50. The maximum atomic E-state index is 12.1. The third-order valence-corrected chi connectivity index (χ3v) is 5.58. The van der Waals surface area contributed by atoms with Gasteiger partial charge in [0, 0.05) is 10.9 Å². The van der Waals surface area contributed by atoms with Gasteiger partial charge in [-0.05, 0) is 24.8 Å². The third kappa shape index (κ3) is 3.44. The Morgan fingerprint density at radius 2 is 2.21 bits per heavy atom. The minimum Gasteiger partial charge on any atom is -0.383 e. The molecular weight excluding hydrogens is 350 g/mol. The van der Waals surface area contributed by atoms with Gasteiger partial charge in [0.05, 0.1) is 11.3 Å². The molecule has 0 spiro atoms. The Bertz CT molecular complexity index is 874. The highest BCUT2D eigenvalue weighted by Crippen LogP contribution is 2.38. The highest BCUT2D eigenvalue weighted by atomic mass is 32.2. The second-order valence-corrected chi connectivity index (χ2v) is 7.31. The molecule has 6 N–H and O–H groups in total. The van der Waals surface area contributed by atoms with E-state index < -0.39 is 5.91 Å². The van der Waals surface area contributed by atoms with E-state index >= 15 is 0 Å². The van der Waals surface area contributed by atoms with E-state index in [1.165, 1.54) is 11.3 Å². The van der Waals surface area contributed by atoms with Gasteiger partial charge in [-0.1, -0.05) is 11.8 Å². The fraction of sp³-hybridized carbons (Fsp3) is 0.286. The minimum absolute atomic E-state index is 0.0210. The lowest BCUT2D eigenvalue weighted by atomic mass is 10.1.